The second-order valence-corrected chi connectivity index (χ2v) is 3.26. The molecule has 0 aliphatic rings. The fraction of sp³-hybridized carbons (Fsp3) is 0.273. The first-order valence-electron chi connectivity index (χ1n) is 4.47. The van der Waals surface area contributed by atoms with Crippen LogP contribution < -0.4 is 5.56 Å². The van der Waals surface area contributed by atoms with Crippen molar-refractivity contribution in [2.45, 2.75) is 19.9 Å². The van der Waals surface area contributed by atoms with Crippen molar-refractivity contribution in [3.63, 3.8) is 0 Å². The van der Waals surface area contributed by atoms with Crippen LogP contribution in [0.25, 0.3) is 12.2 Å². The molecular weight excluding hydrogens is 176 g/mol. The summed E-state index contributed by atoms with van der Waals surface area (Å²) < 4.78 is 1.57. The third-order valence-electron chi connectivity index (χ3n) is 2.02. The van der Waals surface area contributed by atoms with Gasteiger partial charge in [-0.25, -0.2) is 4.98 Å². The summed E-state index contributed by atoms with van der Waals surface area (Å²) in [6.07, 6.45) is 4.62. The third kappa shape index (κ3) is 1.66. The molecule has 0 radical (unpaired) electrons. The molecule has 14 heavy (non-hydrogen) atoms. The summed E-state index contributed by atoms with van der Waals surface area (Å²) in [5, 5.41) is 0. The van der Waals surface area contributed by atoms with Gasteiger partial charge >= 0.3 is 0 Å². The van der Waals surface area contributed by atoms with E-state index in [2.05, 4.69) is 18.1 Å². The first-order valence-corrected chi connectivity index (χ1v) is 4.47. The first kappa shape index (κ1) is 10.4. The molecule has 0 atom stereocenters. The van der Waals surface area contributed by atoms with E-state index in [1.165, 1.54) is 12.4 Å². The Morgan fingerprint density at radius 1 is 1.43 bits per heavy atom. The summed E-state index contributed by atoms with van der Waals surface area (Å²) in [5.74, 6) is 0. The van der Waals surface area contributed by atoms with E-state index >= 15 is 0 Å². The van der Waals surface area contributed by atoms with Gasteiger partial charge < -0.3 is 0 Å². The third-order valence-corrected chi connectivity index (χ3v) is 2.02. The summed E-state index contributed by atoms with van der Waals surface area (Å²) in [6.45, 7) is 11.1. The zero-order valence-corrected chi connectivity index (χ0v) is 8.53. The molecule has 1 aromatic rings. The molecule has 0 unspecified atom stereocenters. The lowest BCUT2D eigenvalue weighted by Gasteiger charge is -2.10. The van der Waals surface area contributed by atoms with E-state index < -0.39 is 0 Å². The van der Waals surface area contributed by atoms with Gasteiger partial charge in [0.05, 0.1) is 17.6 Å². The minimum atomic E-state index is -0.0695. The smallest absolute Gasteiger partial charge is 0.261 e. The summed E-state index contributed by atoms with van der Waals surface area (Å²) in [7, 11) is 0. The van der Waals surface area contributed by atoms with Crippen molar-refractivity contribution in [1.29, 1.82) is 0 Å². The van der Waals surface area contributed by atoms with Gasteiger partial charge in [-0.1, -0.05) is 19.2 Å². The lowest BCUT2D eigenvalue weighted by Crippen LogP contribution is -2.25. The Bertz CT molecular complexity index is 416. The summed E-state index contributed by atoms with van der Waals surface area (Å²) in [5.41, 5.74) is 1.03. The molecule has 0 fully saturated rings. The van der Waals surface area contributed by atoms with Crippen LogP contribution >= 0.6 is 0 Å². The Morgan fingerprint density at radius 3 is 2.50 bits per heavy atom. The molecular formula is C11H14N2O. The molecule has 0 saturated heterocycles. The minimum absolute atomic E-state index is 0.0695. The van der Waals surface area contributed by atoms with Gasteiger partial charge in [0.2, 0.25) is 0 Å². The van der Waals surface area contributed by atoms with Gasteiger partial charge in [0.25, 0.3) is 5.56 Å². The van der Waals surface area contributed by atoms with Crippen molar-refractivity contribution in [2.24, 2.45) is 0 Å². The zero-order valence-electron chi connectivity index (χ0n) is 8.53. The molecule has 0 aliphatic heterocycles. The molecule has 1 aromatic heterocycles. The highest BCUT2D eigenvalue weighted by Crippen LogP contribution is 2.06. The van der Waals surface area contributed by atoms with E-state index in [0.717, 1.165) is 0 Å². The SMILES string of the molecule is C=Cc1ncn(C(C)C)c(=O)c1C=C. The monoisotopic (exact) mass is 190 g/mol. The van der Waals surface area contributed by atoms with E-state index in [4.69, 9.17) is 0 Å². The van der Waals surface area contributed by atoms with Gasteiger partial charge in [-0.05, 0) is 19.9 Å². The number of nitrogens with zero attached hydrogens (tertiary/aromatic N) is 2. The Labute approximate surface area is 83.4 Å². The van der Waals surface area contributed by atoms with Crippen LogP contribution in [0, 0.1) is 0 Å². The summed E-state index contributed by atoms with van der Waals surface area (Å²) in [4.78, 5) is 15.9. The second-order valence-electron chi connectivity index (χ2n) is 3.26. The van der Waals surface area contributed by atoms with E-state index in [-0.39, 0.29) is 11.6 Å². The van der Waals surface area contributed by atoms with Crippen LogP contribution in [0.2, 0.25) is 0 Å². The molecule has 0 saturated carbocycles. The van der Waals surface area contributed by atoms with Gasteiger partial charge in [-0.15, -0.1) is 0 Å². The highest BCUT2D eigenvalue weighted by Gasteiger charge is 2.07. The first-order chi connectivity index (χ1) is 6.61. The average Bonchev–Trinajstić information content (AvgIpc) is 2.16. The summed E-state index contributed by atoms with van der Waals surface area (Å²) >= 11 is 0. The Morgan fingerprint density at radius 2 is 2.07 bits per heavy atom. The second kappa shape index (κ2) is 4.05. The highest BCUT2D eigenvalue weighted by molar-refractivity contribution is 5.59. The molecule has 0 aliphatic carbocycles. The fourth-order valence-corrected chi connectivity index (χ4v) is 1.22. The van der Waals surface area contributed by atoms with Crippen molar-refractivity contribution >= 4 is 12.2 Å². The molecule has 0 spiro atoms. The van der Waals surface area contributed by atoms with Crippen LogP contribution in [0.1, 0.15) is 31.1 Å². The molecule has 0 bridgehead atoms. The molecule has 0 amide bonds. The molecule has 0 aromatic carbocycles. The molecule has 74 valence electrons. The Balaban J connectivity index is 3.50. The van der Waals surface area contributed by atoms with Crippen LogP contribution in [0.5, 0.6) is 0 Å². The van der Waals surface area contributed by atoms with Crippen molar-refractivity contribution in [2.75, 3.05) is 0 Å². The maximum Gasteiger partial charge on any atom is 0.261 e. The predicted molar refractivity (Wildman–Crippen MR) is 59.1 cm³/mol. The Kier molecular flexibility index (Phi) is 3.02. The lowest BCUT2D eigenvalue weighted by molar-refractivity contribution is 0.566. The van der Waals surface area contributed by atoms with Crippen LogP contribution in [0.3, 0.4) is 0 Å². The molecule has 1 heterocycles. The molecule has 3 nitrogen and oxygen atoms in total. The van der Waals surface area contributed by atoms with Crippen LogP contribution in [0.4, 0.5) is 0 Å². The largest absolute Gasteiger partial charge is 0.296 e. The van der Waals surface area contributed by atoms with Crippen LogP contribution in [-0.2, 0) is 0 Å². The van der Waals surface area contributed by atoms with Gasteiger partial charge in [0.15, 0.2) is 0 Å². The lowest BCUT2D eigenvalue weighted by atomic mass is 10.2. The van der Waals surface area contributed by atoms with Crippen LogP contribution in [0.15, 0.2) is 24.3 Å². The quantitative estimate of drug-likeness (QED) is 0.731. The number of rotatable bonds is 3. The number of hydrogen-bond donors (Lipinski definition) is 0. The van der Waals surface area contributed by atoms with Crippen molar-refractivity contribution in [3.05, 3.63) is 41.1 Å². The van der Waals surface area contributed by atoms with E-state index in [1.54, 1.807) is 10.6 Å². The van der Waals surface area contributed by atoms with E-state index in [9.17, 15) is 4.79 Å². The highest BCUT2D eigenvalue weighted by atomic mass is 16.1. The van der Waals surface area contributed by atoms with Crippen molar-refractivity contribution < 1.29 is 0 Å². The fourth-order valence-electron chi connectivity index (χ4n) is 1.22. The van der Waals surface area contributed by atoms with Gasteiger partial charge in [-0.3, -0.25) is 9.36 Å². The Hall–Kier alpha value is -1.64. The van der Waals surface area contributed by atoms with E-state index in [0.29, 0.717) is 11.3 Å². The molecule has 0 N–H and O–H groups in total. The van der Waals surface area contributed by atoms with Gasteiger partial charge in [0.1, 0.15) is 0 Å². The van der Waals surface area contributed by atoms with Gasteiger partial charge in [0, 0.05) is 6.04 Å². The number of hydrogen-bond acceptors (Lipinski definition) is 2. The molecule has 3 heteroatoms. The average molecular weight is 190 g/mol. The van der Waals surface area contributed by atoms with Crippen LogP contribution in [-0.4, -0.2) is 9.55 Å². The maximum absolute atomic E-state index is 11.8. The standard InChI is InChI=1S/C11H14N2O/c1-5-9-10(6-2)12-7-13(8(3)4)11(9)14/h5-8H,1-2H2,3-4H3. The van der Waals surface area contributed by atoms with Crippen molar-refractivity contribution in [1.82, 2.24) is 9.55 Å². The maximum atomic E-state index is 11.8. The zero-order chi connectivity index (χ0) is 10.7. The normalized spacial score (nSPS) is 10.2. The number of aromatic nitrogens is 2. The van der Waals surface area contributed by atoms with Crippen molar-refractivity contribution in [3.8, 4) is 0 Å². The summed E-state index contributed by atoms with van der Waals surface area (Å²) in [6, 6.07) is 0.104. The minimum Gasteiger partial charge on any atom is -0.296 e. The van der Waals surface area contributed by atoms with Gasteiger partial charge in [-0.2, -0.15) is 0 Å². The molecule has 1 rings (SSSR count). The topological polar surface area (TPSA) is 34.9 Å². The van der Waals surface area contributed by atoms with E-state index in [1.807, 2.05) is 13.8 Å². The predicted octanol–water partition coefficient (Wildman–Crippen LogP) is 2.11.